The molecule has 1 atom stereocenters. The lowest BCUT2D eigenvalue weighted by molar-refractivity contribution is -0.270. The van der Waals surface area contributed by atoms with Gasteiger partial charge >= 0.3 is 6.18 Å². The van der Waals surface area contributed by atoms with Gasteiger partial charge in [-0.3, -0.25) is 4.79 Å². The van der Waals surface area contributed by atoms with Crippen molar-refractivity contribution < 1.29 is 22.7 Å². The Morgan fingerprint density at radius 1 is 1.59 bits per heavy atom. The number of alkyl halides is 3. The van der Waals surface area contributed by atoms with E-state index in [9.17, 15) is 18.0 Å². The maximum atomic E-state index is 12.9. The predicted octanol–water partition coefficient (Wildman–Crippen LogP) is 1.47. The van der Waals surface area contributed by atoms with Crippen molar-refractivity contribution in [2.75, 3.05) is 19.7 Å². The summed E-state index contributed by atoms with van der Waals surface area (Å²) < 4.78 is 43.5. The Hall–Kier alpha value is -1.29. The third-order valence-electron chi connectivity index (χ3n) is 2.75. The van der Waals surface area contributed by atoms with Gasteiger partial charge < -0.3 is 9.64 Å². The summed E-state index contributed by atoms with van der Waals surface area (Å²) in [4.78, 5) is 12.4. The van der Waals surface area contributed by atoms with Crippen LogP contribution in [0.25, 0.3) is 0 Å². The normalized spacial score (nSPS) is 24.8. The van der Waals surface area contributed by atoms with Crippen molar-refractivity contribution in [1.29, 1.82) is 5.26 Å². The first-order valence-electron chi connectivity index (χ1n) is 5.21. The molecule has 0 aliphatic carbocycles. The molecule has 1 fully saturated rings. The molecule has 0 saturated carbocycles. The van der Waals surface area contributed by atoms with Gasteiger partial charge in [0.1, 0.15) is 6.42 Å². The molecule has 0 bridgehead atoms. The van der Waals surface area contributed by atoms with E-state index in [1.807, 2.05) is 0 Å². The van der Waals surface area contributed by atoms with Crippen LogP contribution in [0, 0.1) is 11.3 Å². The summed E-state index contributed by atoms with van der Waals surface area (Å²) >= 11 is 0. The van der Waals surface area contributed by atoms with Crippen LogP contribution in [-0.2, 0) is 9.53 Å². The molecule has 0 radical (unpaired) electrons. The van der Waals surface area contributed by atoms with Crippen molar-refractivity contribution in [3.05, 3.63) is 0 Å². The highest BCUT2D eigenvalue weighted by Crippen LogP contribution is 2.40. The van der Waals surface area contributed by atoms with E-state index < -0.39 is 30.7 Å². The Kier molecular flexibility index (Phi) is 3.98. The lowest BCUT2D eigenvalue weighted by atomic mass is 10.0. The van der Waals surface area contributed by atoms with Crippen LogP contribution in [0.1, 0.15) is 19.8 Å². The number of carbonyl (C=O) groups is 1. The van der Waals surface area contributed by atoms with Crippen molar-refractivity contribution in [1.82, 2.24) is 4.90 Å². The zero-order valence-corrected chi connectivity index (χ0v) is 9.38. The summed E-state index contributed by atoms with van der Waals surface area (Å²) in [7, 11) is 0. The third kappa shape index (κ3) is 2.69. The Bertz CT molecular complexity index is 337. The molecule has 0 N–H and O–H groups in total. The van der Waals surface area contributed by atoms with Crippen molar-refractivity contribution >= 4 is 5.91 Å². The fourth-order valence-electron chi connectivity index (χ4n) is 1.88. The van der Waals surface area contributed by atoms with Gasteiger partial charge in [0.2, 0.25) is 5.91 Å². The summed E-state index contributed by atoms with van der Waals surface area (Å²) in [6.07, 6.45) is -5.19. The van der Waals surface area contributed by atoms with E-state index in [0.717, 1.165) is 4.90 Å². The van der Waals surface area contributed by atoms with Crippen molar-refractivity contribution in [3.8, 4) is 6.07 Å². The number of likely N-dealkylation sites (tertiary alicyclic amines) is 1. The minimum Gasteiger partial charge on any atom is -0.364 e. The number of hydrogen-bond donors (Lipinski definition) is 0. The van der Waals surface area contributed by atoms with E-state index in [4.69, 9.17) is 10.00 Å². The summed E-state index contributed by atoms with van der Waals surface area (Å²) in [6.45, 7) is 0.859. The van der Waals surface area contributed by atoms with Crippen LogP contribution in [0.3, 0.4) is 0 Å². The maximum Gasteiger partial charge on any atom is 0.419 e. The molecule has 1 aliphatic heterocycles. The number of halogens is 3. The van der Waals surface area contributed by atoms with Crippen LogP contribution >= 0.6 is 0 Å². The fraction of sp³-hybridized carbons (Fsp3) is 0.800. The lowest BCUT2D eigenvalue weighted by Gasteiger charge is -2.31. The minimum atomic E-state index is -4.51. The highest BCUT2D eigenvalue weighted by atomic mass is 19.4. The molecule has 7 heteroatoms. The van der Waals surface area contributed by atoms with Gasteiger partial charge in [-0.1, -0.05) is 0 Å². The van der Waals surface area contributed by atoms with Crippen LogP contribution in [0.15, 0.2) is 0 Å². The Morgan fingerprint density at radius 2 is 2.24 bits per heavy atom. The number of ether oxygens (including phenoxy) is 1. The van der Waals surface area contributed by atoms with Crippen molar-refractivity contribution in [2.24, 2.45) is 0 Å². The molecule has 1 rings (SSSR count). The fourth-order valence-corrected chi connectivity index (χ4v) is 1.88. The summed E-state index contributed by atoms with van der Waals surface area (Å²) in [5, 5.41) is 8.34. The second-order valence-corrected chi connectivity index (χ2v) is 3.83. The maximum absolute atomic E-state index is 12.9. The number of carbonyl (C=O) groups excluding carboxylic acids is 1. The third-order valence-corrected chi connectivity index (χ3v) is 2.75. The minimum absolute atomic E-state index is 0.0278. The van der Waals surface area contributed by atoms with E-state index in [2.05, 4.69) is 0 Å². The van der Waals surface area contributed by atoms with Gasteiger partial charge in [-0.15, -0.1) is 0 Å². The van der Waals surface area contributed by atoms with Crippen LogP contribution in [-0.4, -0.2) is 42.3 Å². The molecule has 0 aromatic carbocycles. The standard InChI is InChI=1S/C10H13F3N2O2/c1-2-17-9(10(11,12)13)4-6-15(7-9)8(16)3-5-14/h2-4,6-7H2,1H3/t9-/m0/s1. The zero-order valence-electron chi connectivity index (χ0n) is 9.38. The molecule has 0 aromatic rings. The molecule has 1 aliphatic rings. The van der Waals surface area contributed by atoms with Crippen LogP contribution in [0.2, 0.25) is 0 Å². The largest absolute Gasteiger partial charge is 0.419 e. The Balaban J connectivity index is 2.80. The first-order valence-corrected chi connectivity index (χ1v) is 5.21. The van der Waals surface area contributed by atoms with Crippen molar-refractivity contribution in [3.63, 3.8) is 0 Å². The van der Waals surface area contributed by atoms with Crippen LogP contribution in [0.4, 0.5) is 13.2 Å². The predicted molar refractivity (Wildman–Crippen MR) is 51.8 cm³/mol. The quantitative estimate of drug-likeness (QED) is 0.762. The van der Waals surface area contributed by atoms with E-state index in [1.165, 1.54) is 6.92 Å². The molecule has 1 amide bonds. The first-order chi connectivity index (χ1) is 7.86. The molecule has 0 unspecified atom stereocenters. The molecule has 17 heavy (non-hydrogen) atoms. The zero-order chi connectivity index (χ0) is 13.1. The lowest BCUT2D eigenvalue weighted by Crippen LogP contribution is -2.50. The molecular formula is C10H13F3N2O2. The van der Waals surface area contributed by atoms with Crippen molar-refractivity contribution in [2.45, 2.75) is 31.5 Å². The van der Waals surface area contributed by atoms with Gasteiger partial charge in [-0.2, -0.15) is 18.4 Å². The van der Waals surface area contributed by atoms with E-state index in [1.54, 1.807) is 6.07 Å². The van der Waals surface area contributed by atoms with Gasteiger partial charge in [0.25, 0.3) is 0 Å². The summed E-state index contributed by atoms with van der Waals surface area (Å²) in [6, 6.07) is 1.63. The molecule has 1 heterocycles. The number of rotatable bonds is 3. The highest BCUT2D eigenvalue weighted by molar-refractivity contribution is 5.78. The van der Waals surface area contributed by atoms with Crippen LogP contribution < -0.4 is 0 Å². The molecule has 0 spiro atoms. The van der Waals surface area contributed by atoms with Gasteiger partial charge in [-0.25, -0.2) is 0 Å². The first kappa shape index (κ1) is 13.8. The monoisotopic (exact) mass is 250 g/mol. The van der Waals surface area contributed by atoms with Gasteiger partial charge in [0.05, 0.1) is 12.6 Å². The Morgan fingerprint density at radius 3 is 2.71 bits per heavy atom. The number of hydrogen-bond acceptors (Lipinski definition) is 3. The highest BCUT2D eigenvalue weighted by Gasteiger charge is 2.59. The Labute approximate surface area is 96.9 Å². The topological polar surface area (TPSA) is 53.3 Å². The molecule has 96 valence electrons. The van der Waals surface area contributed by atoms with Gasteiger partial charge in [-0.05, 0) is 6.92 Å². The smallest absolute Gasteiger partial charge is 0.364 e. The van der Waals surface area contributed by atoms with E-state index in [-0.39, 0.29) is 19.6 Å². The number of nitrogens with zero attached hydrogens (tertiary/aromatic N) is 2. The number of amides is 1. The number of nitriles is 1. The van der Waals surface area contributed by atoms with Gasteiger partial charge in [0, 0.05) is 19.6 Å². The molecule has 0 aromatic heterocycles. The van der Waals surface area contributed by atoms with Crippen LogP contribution in [0.5, 0.6) is 0 Å². The molecule has 4 nitrogen and oxygen atoms in total. The average molecular weight is 250 g/mol. The molecule has 1 saturated heterocycles. The summed E-state index contributed by atoms with van der Waals surface area (Å²) in [5.41, 5.74) is -2.27. The molecular weight excluding hydrogens is 237 g/mol. The second-order valence-electron chi connectivity index (χ2n) is 3.83. The van der Waals surface area contributed by atoms with Gasteiger partial charge in [0.15, 0.2) is 5.60 Å². The average Bonchev–Trinajstić information content (AvgIpc) is 2.63. The van der Waals surface area contributed by atoms with E-state index >= 15 is 0 Å². The second kappa shape index (κ2) is 4.92. The SMILES string of the molecule is CCO[C@@]1(C(F)(F)F)CCN(C(=O)CC#N)C1. The summed E-state index contributed by atoms with van der Waals surface area (Å²) in [5.74, 6) is -0.585. The van der Waals surface area contributed by atoms with E-state index in [0.29, 0.717) is 0 Å².